The Bertz CT molecular complexity index is 503. The van der Waals surface area contributed by atoms with Gasteiger partial charge in [0, 0.05) is 17.4 Å². The largest absolute Gasteiger partial charge is 0.355 e. The maximum absolute atomic E-state index is 13.0. The van der Waals surface area contributed by atoms with Crippen LogP contribution in [0.2, 0.25) is 0 Å². The number of hydrogen-bond acceptors (Lipinski definition) is 1. The molecular weight excluding hydrogens is 220 g/mol. The van der Waals surface area contributed by atoms with Crippen molar-refractivity contribution in [3.63, 3.8) is 0 Å². The van der Waals surface area contributed by atoms with Crippen molar-refractivity contribution in [1.82, 2.24) is 0 Å². The van der Waals surface area contributed by atoms with Crippen molar-refractivity contribution >= 4 is 11.4 Å². The maximum atomic E-state index is 13.0. The van der Waals surface area contributed by atoms with E-state index in [1.165, 1.54) is 12.1 Å². The maximum Gasteiger partial charge on any atom is 0.128 e. The van der Waals surface area contributed by atoms with Gasteiger partial charge in [-0.25, -0.2) is 8.78 Å². The quantitative estimate of drug-likeness (QED) is 0.834. The van der Waals surface area contributed by atoms with Crippen LogP contribution < -0.4 is 5.32 Å². The number of para-hydroxylation sites is 1. The predicted octanol–water partition coefficient (Wildman–Crippen LogP) is 4.27. The summed E-state index contributed by atoms with van der Waals surface area (Å²) in [5.41, 5.74) is 2.40. The van der Waals surface area contributed by atoms with E-state index in [1.807, 2.05) is 31.2 Å². The molecule has 0 amide bonds. The van der Waals surface area contributed by atoms with E-state index in [2.05, 4.69) is 5.32 Å². The van der Waals surface area contributed by atoms with Crippen LogP contribution in [0, 0.1) is 11.6 Å². The monoisotopic (exact) mass is 233 g/mol. The van der Waals surface area contributed by atoms with Crippen LogP contribution in [0.1, 0.15) is 12.5 Å². The van der Waals surface area contributed by atoms with Crippen LogP contribution >= 0.6 is 0 Å². The lowest BCUT2D eigenvalue weighted by Gasteiger charge is -2.10. The Morgan fingerprint density at radius 3 is 2.29 bits per heavy atom. The van der Waals surface area contributed by atoms with E-state index in [1.54, 1.807) is 0 Å². The van der Waals surface area contributed by atoms with Gasteiger partial charge in [-0.15, -0.1) is 0 Å². The van der Waals surface area contributed by atoms with E-state index in [9.17, 15) is 8.78 Å². The lowest BCUT2D eigenvalue weighted by Crippen LogP contribution is -1.96. The minimum absolute atomic E-state index is 0.420. The predicted molar refractivity (Wildman–Crippen MR) is 65.5 cm³/mol. The first-order chi connectivity index (χ1) is 8.19. The SMILES string of the molecule is CCc1ccccc1Nc1cc(F)cc(F)c1. The number of nitrogens with one attached hydrogen (secondary N) is 1. The van der Waals surface area contributed by atoms with Gasteiger partial charge in [0.1, 0.15) is 11.6 Å². The smallest absolute Gasteiger partial charge is 0.128 e. The summed E-state index contributed by atoms with van der Waals surface area (Å²) >= 11 is 0. The highest BCUT2D eigenvalue weighted by atomic mass is 19.1. The third kappa shape index (κ3) is 2.81. The summed E-state index contributed by atoms with van der Waals surface area (Å²) < 4.78 is 26.1. The minimum atomic E-state index is -0.582. The Morgan fingerprint density at radius 2 is 1.65 bits per heavy atom. The molecule has 3 heteroatoms. The molecule has 0 bridgehead atoms. The summed E-state index contributed by atoms with van der Waals surface area (Å²) in [4.78, 5) is 0. The second kappa shape index (κ2) is 4.95. The zero-order valence-electron chi connectivity index (χ0n) is 9.50. The van der Waals surface area contributed by atoms with Crippen LogP contribution in [0.15, 0.2) is 42.5 Å². The number of anilines is 2. The van der Waals surface area contributed by atoms with E-state index in [0.29, 0.717) is 5.69 Å². The van der Waals surface area contributed by atoms with Crippen molar-refractivity contribution in [3.05, 3.63) is 59.7 Å². The third-order valence-electron chi connectivity index (χ3n) is 2.54. The van der Waals surface area contributed by atoms with Crippen LogP contribution in [0.25, 0.3) is 0 Å². The second-order valence-electron chi connectivity index (χ2n) is 3.79. The molecule has 2 aromatic carbocycles. The highest BCUT2D eigenvalue weighted by molar-refractivity contribution is 5.63. The van der Waals surface area contributed by atoms with Crippen LogP contribution in [0.4, 0.5) is 20.2 Å². The van der Waals surface area contributed by atoms with Gasteiger partial charge in [0.15, 0.2) is 0 Å². The Hall–Kier alpha value is -1.90. The molecule has 1 nitrogen and oxygen atoms in total. The van der Waals surface area contributed by atoms with Gasteiger partial charge in [-0.2, -0.15) is 0 Å². The molecular formula is C14H13F2N. The zero-order valence-corrected chi connectivity index (χ0v) is 9.50. The molecule has 17 heavy (non-hydrogen) atoms. The van der Waals surface area contributed by atoms with Crippen molar-refractivity contribution in [2.24, 2.45) is 0 Å². The summed E-state index contributed by atoms with van der Waals surface area (Å²) in [6.45, 7) is 2.03. The molecule has 0 unspecified atom stereocenters. The third-order valence-corrected chi connectivity index (χ3v) is 2.54. The van der Waals surface area contributed by atoms with Crippen LogP contribution in [-0.4, -0.2) is 0 Å². The Balaban J connectivity index is 2.31. The van der Waals surface area contributed by atoms with Crippen molar-refractivity contribution in [3.8, 4) is 0 Å². The molecule has 0 radical (unpaired) electrons. The van der Waals surface area contributed by atoms with Crippen LogP contribution in [0.5, 0.6) is 0 Å². The Labute approximate surface area is 99.1 Å². The molecule has 2 rings (SSSR count). The standard InChI is InChI=1S/C14H13F2N/c1-2-10-5-3-4-6-14(10)17-13-8-11(15)7-12(16)9-13/h3-9,17H,2H2,1H3. The lowest BCUT2D eigenvalue weighted by molar-refractivity contribution is 0.584. The highest BCUT2D eigenvalue weighted by Crippen LogP contribution is 2.22. The molecule has 0 heterocycles. The molecule has 88 valence electrons. The molecule has 0 fully saturated rings. The molecule has 0 atom stereocenters. The first-order valence-electron chi connectivity index (χ1n) is 5.50. The summed E-state index contributed by atoms with van der Waals surface area (Å²) in [5, 5.41) is 3.03. The molecule has 0 saturated carbocycles. The Kier molecular flexibility index (Phi) is 3.38. The topological polar surface area (TPSA) is 12.0 Å². The van der Waals surface area contributed by atoms with Gasteiger partial charge < -0.3 is 5.32 Å². The molecule has 1 N–H and O–H groups in total. The van der Waals surface area contributed by atoms with E-state index in [-0.39, 0.29) is 0 Å². The summed E-state index contributed by atoms with van der Waals surface area (Å²) in [6, 6.07) is 11.1. The van der Waals surface area contributed by atoms with Gasteiger partial charge in [-0.05, 0) is 30.2 Å². The highest BCUT2D eigenvalue weighted by Gasteiger charge is 2.03. The average molecular weight is 233 g/mol. The van der Waals surface area contributed by atoms with Gasteiger partial charge in [-0.3, -0.25) is 0 Å². The fraction of sp³-hybridized carbons (Fsp3) is 0.143. The van der Waals surface area contributed by atoms with Gasteiger partial charge in [0.25, 0.3) is 0 Å². The van der Waals surface area contributed by atoms with Crippen molar-refractivity contribution in [2.45, 2.75) is 13.3 Å². The zero-order chi connectivity index (χ0) is 12.3. The average Bonchev–Trinajstić information content (AvgIpc) is 2.28. The van der Waals surface area contributed by atoms with Crippen molar-refractivity contribution in [1.29, 1.82) is 0 Å². The van der Waals surface area contributed by atoms with E-state index >= 15 is 0 Å². The molecule has 2 aromatic rings. The van der Waals surface area contributed by atoms with E-state index in [0.717, 1.165) is 23.7 Å². The molecule has 0 aliphatic heterocycles. The van der Waals surface area contributed by atoms with Crippen molar-refractivity contribution < 1.29 is 8.78 Å². The first-order valence-corrected chi connectivity index (χ1v) is 5.50. The lowest BCUT2D eigenvalue weighted by atomic mass is 10.1. The molecule has 0 spiro atoms. The fourth-order valence-corrected chi connectivity index (χ4v) is 1.73. The van der Waals surface area contributed by atoms with Crippen LogP contribution in [-0.2, 0) is 6.42 Å². The second-order valence-corrected chi connectivity index (χ2v) is 3.79. The van der Waals surface area contributed by atoms with Gasteiger partial charge >= 0.3 is 0 Å². The van der Waals surface area contributed by atoms with Gasteiger partial charge in [0.05, 0.1) is 0 Å². The fourth-order valence-electron chi connectivity index (χ4n) is 1.73. The first kappa shape index (κ1) is 11.6. The van der Waals surface area contributed by atoms with Gasteiger partial charge in [-0.1, -0.05) is 25.1 Å². The summed E-state index contributed by atoms with van der Waals surface area (Å²) in [5.74, 6) is -1.16. The van der Waals surface area contributed by atoms with E-state index in [4.69, 9.17) is 0 Å². The number of halogens is 2. The van der Waals surface area contributed by atoms with Crippen LogP contribution in [0.3, 0.4) is 0 Å². The number of aryl methyl sites for hydroxylation is 1. The van der Waals surface area contributed by atoms with E-state index < -0.39 is 11.6 Å². The number of rotatable bonds is 3. The molecule has 0 aromatic heterocycles. The summed E-state index contributed by atoms with van der Waals surface area (Å²) in [7, 11) is 0. The minimum Gasteiger partial charge on any atom is -0.355 e. The molecule has 0 saturated heterocycles. The van der Waals surface area contributed by atoms with Crippen molar-refractivity contribution in [2.75, 3.05) is 5.32 Å². The van der Waals surface area contributed by atoms with Gasteiger partial charge in [0.2, 0.25) is 0 Å². The summed E-state index contributed by atoms with van der Waals surface area (Å²) in [6.07, 6.45) is 0.862. The molecule has 0 aliphatic carbocycles. The number of hydrogen-bond donors (Lipinski definition) is 1. The molecule has 0 aliphatic rings. The normalized spacial score (nSPS) is 10.3. The number of benzene rings is 2. The Morgan fingerprint density at radius 1 is 1.00 bits per heavy atom.